The third-order valence-electron chi connectivity index (χ3n) is 4.06. The Labute approximate surface area is 127 Å². The van der Waals surface area contributed by atoms with E-state index in [1.165, 1.54) is 12.1 Å². The first-order valence-corrected chi connectivity index (χ1v) is 7.31. The van der Waals surface area contributed by atoms with Crippen molar-refractivity contribution in [3.63, 3.8) is 0 Å². The van der Waals surface area contributed by atoms with Crippen LogP contribution in [0.3, 0.4) is 0 Å². The second kappa shape index (κ2) is 6.23. The quantitative estimate of drug-likeness (QED) is 0.695. The van der Waals surface area contributed by atoms with Crippen molar-refractivity contribution in [3.05, 3.63) is 57.9 Å². The van der Waals surface area contributed by atoms with Crippen molar-refractivity contribution in [1.29, 1.82) is 0 Å². The monoisotopic (exact) mass is 304 g/mol. The number of hydrogen-bond acceptors (Lipinski definition) is 4. The summed E-state index contributed by atoms with van der Waals surface area (Å²) < 4.78 is 13.5. The highest BCUT2D eigenvalue weighted by Gasteiger charge is 2.28. The minimum Gasteiger partial charge on any atom is -0.347 e. The van der Waals surface area contributed by atoms with Crippen LogP contribution in [0.4, 0.5) is 10.1 Å². The number of aromatic amines is 1. The van der Waals surface area contributed by atoms with Crippen LogP contribution in [0.25, 0.3) is 0 Å². The van der Waals surface area contributed by atoms with Gasteiger partial charge in [-0.15, -0.1) is 0 Å². The molecule has 0 saturated carbocycles. The molecule has 0 unspecified atom stereocenters. The number of aromatic nitrogens is 2. The van der Waals surface area contributed by atoms with E-state index < -0.39 is 10.7 Å². The third-order valence-corrected chi connectivity index (χ3v) is 4.06. The SMILES string of the molecule is O=[N+]([O-])c1ccc(F)cc1CN1CCCC[C@@H]1c1ncc[nH]1. The number of nitrogens with one attached hydrogen (secondary N) is 1. The van der Waals surface area contributed by atoms with E-state index in [1.807, 2.05) is 0 Å². The maximum atomic E-state index is 13.5. The molecular formula is C15H17FN4O2. The molecule has 116 valence electrons. The number of benzene rings is 1. The number of nitrogens with zero attached hydrogens (tertiary/aromatic N) is 3. The van der Waals surface area contributed by atoms with Crippen LogP contribution < -0.4 is 0 Å². The van der Waals surface area contributed by atoms with Crippen LogP contribution in [-0.2, 0) is 6.54 Å². The average Bonchev–Trinajstić information content (AvgIpc) is 3.01. The maximum Gasteiger partial charge on any atom is 0.274 e. The zero-order valence-corrected chi connectivity index (χ0v) is 12.0. The number of nitro groups is 1. The molecule has 2 heterocycles. The van der Waals surface area contributed by atoms with E-state index in [0.717, 1.165) is 37.7 Å². The van der Waals surface area contributed by atoms with Gasteiger partial charge in [0.15, 0.2) is 0 Å². The Kier molecular flexibility index (Phi) is 4.15. The van der Waals surface area contributed by atoms with Gasteiger partial charge in [-0.3, -0.25) is 15.0 Å². The zero-order valence-electron chi connectivity index (χ0n) is 12.0. The van der Waals surface area contributed by atoms with Crippen LogP contribution in [0.5, 0.6) is 0 Å². The summed E-state index contributed by atoms with van der Waals surface area (Å²) in [5.41, 5.74) is 0.369. The zero-order chi connectivity index (χ0) is 15.5. The van der Waals surface area contributed by atoms with Crippen LogP contribution >= 0.6 is 0 Å². The number of hydrogen-bond donors (Lipinski definition) is 1. The molecule has 1 saturated heterocycles. The molecule has 1 aromatic carbocycles. The largest absolute Gasteiger partial charge is 0.347 e. The molecule has 1 fully saturated rings. The van der Waals surface area contributed by atoms with Crippen LogP contribution in [0, 0.1) is 15.9 Å². The van der Waals surface area contributed by atoms with Crippen LogP contribution in [0.1, 0.15) is 36.7 Å². The summed E-state index contributed by atoms with van der Waals surface area (Å²) in [6.45, 7) is 1.17. The molecule has 6 nitrogen and oxygen atoms in total. The Hall–Kier alpha value is -2.28. The lowest BCUT2D eigenvalue weighted by molar-refractivity contribution is -0.385. The lowest BCUT2D eigenvalue weighted by Crippen LogP contribution is -2.33. The fraction of sp³-hybridized carbons (Fsp3) is 0.400. The minimum atomic E-state index is -0.458. The van der Waals surface area contributed by atoms with Crippen molar-refractivity contribution in [2.75, 3.05) is 6.54 Å². The Morgan fingerprint density at radius 1 is 1.45 bits per heavy atom. The maximum absolute atomic E-state index is 13.5. The Morgan fingerprint density at radius 2 is 2.32 bits per heavy atom. The van der Waals surface area contributed by atoms with E-state index in [9.17, 15) is 14.5 Å². The Bertz CT molecular complexity index is 660. The van der Waals surface area contributed by atoms with Crippen LogP contribution in [-0.4, -0.2) is 26.3 Å². The molecule has 0 spiro atoms. The molecule has 1 aromatic heterocycles. The summed E-state index contributed by atoms with van der Waals surface area (Å²) in [4.78, 5) is 20.2. The first-order valence-electron chi connectivity index (χ1n) is 7.31. The summed E-state index contributed by atoms with van der Waals surface area (Å²) in [5.74, 6) is 0.408. The molecule has 22 heavy (non-hydrogen) atoms. The average molecular weight is 304 g/mol. The first kappa shape index (κ1) is 14.6. The van der Waals surface area contributed by atoms with Crippen molar-refractivity contribution in [2.45, 2.75) is 31.8 Å². The second-order valence-electron chi connectivity index (χ2n) is 5.49. The fourth-order valence-electron chi connectivity index (χ4n) is 3.03. The number of imidazole rings is 1. The van der Waals surface area contributed by atoms with Gasteiger partial charge in [0.2, 0.25) is 0 Å². The van der Waals surface area contributed by atoms with Crippen molar-refractivity contribution in [1.82, 2.24) is 14.9 Å². The first-order chi connectivity index (χ1) is 10.6. The molecule has 2 aromatic rings. The standard InChI is InChI=1S/C15H17FN4O2/c16-12-4-5-13(20(21)22)11(9-12)10-19-8-2-1-3-14(19)15-17-6-7-18-15/h4-7,9,14H,1-3,8,10H2,(H,17,18)/t14-/m1/s1. The van der Waals surface area contributed by atoms with Gasteiger partial charge in [-0.2, -0.15) is 0 Å². The van der Waals surface area contributed by atoms with E-state index in [0.29, 0.717) is 12.1 Å². The van der Waals surface area contributed by atoms with Gasteiger partial charge in [0.1, 0.15) is 11.6 Å². The molecule has 7 heteroatoms. The van der Waals surface area contributed by atoms with Gasteiger partial charge < -0.3 is 4.98 Å². The lowest BCUT2D eigenvalue weighted by atomic mass is 10.00. The highest BCUT2D eigenvalue weighted by Crippen LogP contribution is 2.32. The van der Waals surface area contributed by atoms with Gasteiger partial charge in [0, 0.05) is 30.6 Å². The number of rotatable bonds is 4. The molecule has 0 amide bonds. The van der Waals surface area contributed by atoms with Gasteiger partial charge in [-0.1, -0.05) is 6.42 Å². The van der Waals surface area contributed by atoms with E-state index in [-0.39, 0.29) is 11.7 Å². The number of nitro benzene ring substituents is 1. The van der Waals surface area contributed by atoms with Crippen molar-refractivity contribution < 1.29 is 9.31 Å². The van der Waals surface area contributed by atoms with E-state index >= 15 is 0 Å². The van der Waals surface area contributed by atoms with Gasteiger partial charge in [-0.25, -0.2) is 9.37 Å². The molecule has 0 bridgehead atoms. The lowest BCUT2D eigenvalue weighted by Gasteiger charge is -2.34. The van der Waals surface area contributed by atoms with Crippen molar-refractivity contribution >= 4 is 5.69 Å². The minimum absolute atomic E-state index is 0.0369. The van der Waals surface area contributed by atoms with E-state index in [2.05, 4.69) is 14.9 Å². The summed E-state index contributed by atoms with van der Waals surface area (Å²) in [5, 5.41) is 11.1. The fourth-order valence-corrected chi connectivity index (χ4v) is 3.03. The molecule has 1 atom stereocenters. The van der Waals surface area contributed by atoms with Crippen molar-refractivity contribution in [3.8, 4) is 0 Å². The smallest absolute Gasteiger partial charge is 0.274 e. The third kappa shape index (κ3) is 2.99. The molecule has 3 rings (SSSR count). The molecule has 1 aliphatic rings. The molecule has 1 N–H and O–H groups in total. The molecule has 0 aliphatic carbocycles. The summed E-state index contributed by atoms with van der Waals surface area (Å²) in [7, 11) is 0. The van der Waals surface area contributed by atoms with E-state index in [4.69, 9.17) is 0 Å². The Balaban J connectivity index is 1.87. The predicted octanol–water partition coefficient (Wildman–Crippen LogP) is 3.18. The topological polar surface area (TPSA) is 75.1 Å². The highest BCUT2D eigenvalue weighted by atomic mass is 19.1. The summed E-state index contributed by atoms with van der Waals surface area (Å²) >= 11 is 0. The number of likely N-dealkylation sites (tertiary alicyclic amines) is 1. The van der Waals surface area contributed by atoms with Gasteiger partial charge in [-0.05, 0) is 31.5 Å². The van der Waals surface area contributed by atoms with Gasteiger partial charge >= 0.3 is 0 Å². The molecule has 0 radical (unpaired) electrons. The normalized spacial score (nSPS) is 19.2. The number of H-pyrrole nitrogens is 1. The van der Waals surface area contributed by atoms with Gasteiger partial charge in [0.05, 0.1) is 11.0 Å². The van der Waals surface area contributed by atoms with E-state index in [1.54, 1.807) is 12.4 Å². The molecular weight excluding hydrogens is 287 g/mol. The predicted molar refractivity (Wildman–Crippen MR) is 78.6 cm³/mol. The van der Waals surface area contributed by atoms with Crippen LogP contribution in [0.2, 0.25) is 0 Å². The summed E-state index contributed by atoms with van der Waals surface area (Å²) in [6.07, 6.45) is 6.53. The second-order valence-corrected chi connectivity index (χ2v) is 5.49. The van der Waals surface area contributed by atoms with Crippen molar-refractivity contribution in [2.24, 2.45) is 0 Å². The Morgan fingerprint density at radius 3 is 3.05 bits per heavy atom. The number of halogens is 1. The summed E-state index contributed by atoms with van der Waals surface area (Å²) in [6, 6.07) is 3.70. The molecule has 1 aliphatic heterocycles. The van der Waals surface area contributed by atoms with Crippen LogP contribution in [0.15, 0.2) is 30.6 Å². The van der Waals surface area contributed by atoms with Gasteiger partial charge in [0.25, 0.3) is 5.69 Å². The number of piperidine rings is 1. The highest BCUT2D eigenvalue weighted by molar-refractivity contribution is 5.40.